The molecular formula is C19H15FN4. The monoisotopic (exact) mass is 318 g/mol. The van der Waals surface area contributed by atoms with Gasteiger partial charge >= 0.3 is 0 Å². The molecule has 4 rings (SSSR count). The van der Waals surface area contributed by atoms with Gasteiger partial charge in [0.1, 0.15) is 11.3 Å². The van der Waals surface area contributed by atoms with E-state index in [4.69, 9.17) is 0 Å². The summed E-state index contributed by atoms with van der Waals surface area (Å²) < 4.78 is 15.4. The second kappa shape index (κ2) is 5.85. The number of hydrogen-bond acceptors (Lipinski definition) is 3. The average molecular weight is 318 g/mol. The summed E-state index contributed by atoms with van der Waals surface area (Å²) in [5, 5.41) is 4.42. The number of fused-ring (bicyclic) bond motifs is 1. The summed E-state index contributed by atoms with van der Waals surface area (Å²) in [6.45, 7) is 2.39. The number of aryl methyl sites for hydroxylation is 1. The molecule has 0 amide bonds. The zero-order valence-electron chi connectivity index (χ0n) is 13.1. The van der Waals surface area contributed by atoms with Crippen LogP contribution in [0.3, 0.4) is 0 Å². The molecule has 118 valence electrons. The van der Waals surface area contributed by atoms with Gasteiger partial charge in [0.2, 0.25) is 0 Å². The van der Waals surface area contributed by atoms with E-state index < -0.39 is 0 Å². The molecule has 0 fully saturated rings. The molecule has 0 saturated heterocycles. The topological polar surface area (TPSA) is 43.6 Å². The van der Waals surface area contributed by atoms with Crippen molar-refractivity contribution in [1.82, 2.24) is 19.7 Å². The van der Waals surface area contributed by atoms with E-state index in [0.29, 0.717) is 12.1 Å². The van der Waals surface area contributed by atoms with Crippen LogP contribution in [0.15, 0.2) is 61.2 Å². The summed E-state index contributed by atoms with van der Waals surface area (Å²) >= 11 is 0. The van der Waals surface area contributed by atoms with Gasteiger partial charge in [-0.1, -0.05) is 12.1 Å². The lowest BCUT2D eigenvalue weighted by atomic mass is 10.0. The smallest absolute Gasteiger partial charge is 0.126 e. The van der Waals surface area contributed by atoms with Gasteiger partial charge in [-0.15, -0.1) is 0 Å². The first-order valence-electron chi connectivity index (χ1n) is 7.68. The van der Waals surface area contributed by atoms with Crippen LogP contribution < -0.4 is 0 Å². The maximum atomic E-state index is 13.5. The van der Waals surface area contributed by atoms with E-state index >= 15 is 0 Å². The molecule has 5 heteroatoms. The van der Waals surface area contributed by atoms with Crippen LogP contribution >= 0.6 is 0 Å². The number of aromatic nitrogens is 4. The Morgan fingerprint density at radius 1 is 1.04 bits per heavy atom. The van der Waals surface area contributed by atoms with Crippen LogP contribution in [-0.2, 0) is 6.54 Å². The predicted octanol–water partition coefficient (Wildman–Crippen LogP) is 3.99. The Hall–Kier alpha value is -3.08. The van der Waals surface area contributed by atoms with Crippen LogP contribution in [-0.4, -0.2) is 19.7 Å². The first-order chi connectivity index (χ1) is 11.7. The van der Waals surface area contributed by atoms with E-state index in [2.05, 4.69) is 15.1 Å². The minimum Gasteiger partial charge on any atom is -0.264 e. The van der Waals surface area contributed by atoms with Gasteiger partial charge in [-0.25, -0.2) is 4.39 Å². The molecule has 1 aromatic carbocycles. The van der Waals surface area contributed by atoms with Crippen LogP contribution in [0.1, 0.15) is 11.1 Å². The summed E-state index contributed by atoms with van der Waals surface area (Å²) in [6.07, 6.45) is 7.13. The molecule has 0 radical (unpaired) electrons. The summed E-state index contributed by atoms with van der Waals surface area (Å²) in [7, 11) is 0. The van der Waals surface area contributed by atoms with Crippen LogP contribution in [0.5, 0.6) is 0 Å². The quantitative estimate of drug-likeness (QED) is 0.574. The summed E-state index contributed by atoms with van der Waals surface area (Å²) in [4.78, 5) is 8.62. The molecule has 0 aliphatic heterocycles. The second-order valence-corrected chi connectivity index (χ2v) is 5.76. The standard InChI is InChI=1S/C19H15FN4/c1-13-7-15(4-5-17(13)20)16-8-19-18(22-10-16)11-23-24(19)12-14-3-2-6-21-9-14/h2-11H,12H2,1H3. The Labute approximate surface area is 138 Å². The minimum absolute atomic E-state index is 0.200. The highest BCUT2D eigenvalue weighted by Gasteiger charge is 2.08. The SMILES string of the molecule is Cc1cc(-c2cnc3cnn(Cc4cccnc4)c3c2)ccc1F. The van der Waals surface area contributed by atoms with Crippen molar-refractivity contribution in [2.75, 3.05) is 0 Å². The summed E-state index contributed by atoms with van der Waals surface area (Å²) in [5.41, 5.74) is 5.36. The summed E-state index contributed by atoms with van der Waals surface area (Å²) in [5.74, 6) is -0.200. The summed E-state index contributed by atoms with van der Waals surface area (Å²) in [6, 6.07) is 11.1. The van der Waals surface area contributed by atoms with Crippen molar-refractivity contribution in [3.63, 3.8) is 0 Å². The van der Waals surface area contributed by atoms with Crippen molar-refractivity contribution in [1.29, 1.82) is 0 Å². The fraction of sp³-hybridized carbons (Fsp3) is 0.105. The first-order valence-corrected chi connectivity index (χ1v) is 7.68. The molecule has 0 aliphatic rings. The second-order valence-electron chi connectivity index (χ2n) is 5.76. The van der Waals surface area contributed by atoms with Crippen LogP contribution in [0, 0.1) is 12.7 Å². The predicted molar refractivity (Wildman–Crippen MR) is 91.0 cm³/mol. The van der Waals surface area contributed by atoms with Crippen LogP contribution in [0.2, 0.25) is 0 Å². The van der Waals surface area contributed by atoms with E-state index in [-0.39, 0.29) is 5.82 Å². The van der Waals surface area contributed by atoms with Crippen molar-refractivity contribution in [2.45, 2.75) is 13.5 Å². The molecule has 0 N–H and O–H groups in total. The molecule has 4 nitrogen and oxygen atoms in total. The molecule has 0 spiro atoms. The minimum atomic E-state index is -0.200. The van der Waals surface area contributed by atoms with Crippen molar-refractivity contribution in [2.24, 2.45) is 0 Å². The third-order valence-electron chi connectivity index (χ3n) is 4.04. The van der Waals surface area contributed by atoms with Crippen molar-refractivity contribution in [3.8, 4) is 11.1 Å². The third-order valence-corrected chi connectivity index (χ3v) is 4.04. The highest BCUT2D eigenvalue weighted by Crippen LogP contribution is 2.24. The van der Waals surface area contributed by atoms with Crippen LogP contribution in [0.4, 0.5) is 4.39 Å². The highest BCUT2D eigenvalue weighted by atomic mass is 19.1. The van der Waals surface area contributed by atoms with Crippen molar-refractivity contribution in [3.05, 3.63) is 78.1 Å². The van der Waals surface area contributed by atoms with Crippen molar-refractivity contribution < 1.29 is 4.39 Å². The Morgan fingerprint density at radius 3 is 2.75 bits per heavy atom. The Balaban J connectivity index is 1.76. The van der Waals surface area contributed by atoms with Gasteiger partial charge in [0.15, 0.2) is 0 Å². The molecular weight excluding hydrogens is 303 g/mol. The third kappa shape index (κ3) is 2.65. The lowest BCUT2D eigenvalue weighted by Crippen LogP contribution is -2.01. The molecule has 24 heavy (non-hydrogen) atoms. The van der Waals surface area contributed by atoms with Gasteiger partial charge in [0.25, 0.3) is 0 Å². The van der Waals surface area contributed by atoms with E-state index in [1.807, 2.05) is 35.1 Å². The Bertz CT molecular complexity index is 1010. The van der Waals surface area contributed by atoms with E-state index in [1.165, 1.54) is 6.07 Å². The number of pyridine rings is 2. The zero-order valence-corrected chi connectivity index (χ0v) is 13.1. The maximum absolute atomic E-state index is 13.5. The van der Waals surface area contributed by atoms with Crippen LogP contribution in [0.25, 0.3) is 22.2 Å². The molecule has 0 bridgehead atoms. The number of hydrogen-bond donors (Lipinski definition) is 0. The first kappa shape index (κ1) is 14.5. The number of nitrogens with zero attached hydrogens (tertiary/aromatic N) is 4. The molecule has 4 aromatic rings. The molecule has 3 aromatic heterocycles. The van der Waals surface area contributed by atoms with Gasteiger partial charge in [-0.05, 0) is 47.9 Å². The van der Waals surface area contributed by atoms with Gasteiger partial charge < -0.3 is 0 Å². The van der Waals surface area contributed by atoms with Gasteiger partial charge in [0.05, 0.1) is 18.3 Å². The molecule has 0 aliphatic carbocycles. The van der Waals surface area contributed by atoms with E-state index in [9.17, 15) is 4.39 Å². The number of rotatable bonds is 3. The number of halogens is 1. The lowest BCUT2D eigenvalue weighted by molar-refractivity contribution is 0.619. The van der Waals surface area contributed by atoms with Gasteiger partial charge in [-0.2, -0.15) is 5.10 Å². The fourth-order valence-corrected chi connectivity index (χ4v) is 2.73. The number of benzene rings is 1. The normalized spacial score (nSPS) is 11.1. The van der Waals surface area contributed by atoms with E-state index in [1.54, 1.807) is 31.6 Å². The lowest BCUT2D eigenvalue weighted by Gasteiger charge is -2.06. The molecule has 3 heterocycles. The van der Waals surface area contributed by atoms with Gasteiger partial charge in [-0.3, -0.25) is 14.6 Å². The van der Waals surface area contributed by atoms with Crippen molar-refractivity contribution >= 4 is 11.0 Å². The highest BCUT2D eigenvalue weighted by molar-refractivity contribution is 5.80. The zero-order chi connectivity index (χ0) is 16.5. The van der Waals surface area contributed by atoms with Gasteiger partial charge in [0, 0.05) is 24.2 Å². The largest absolute Gasteiger partial charge is 0.264 e. The molecule has 0 atom stereocenters. The Morgan fingerprint density at radius 2 is 1.96 bits per heavy atom. The molecule has 0 unspecified atom stereocenters. The van der Waals surface area contributed by atoms with E-state index in [0.717, 1.165) is 27.7 Å². The average Bonchev–Trinajstić information content (AvgIpc) is 3.00. The Kier molecular flexibility index (Phi) is 3.54. The molecule has 0 saturated carbocycles. The maximum Gasteiger partial charge on any atom is 0.126 e. The fourth-order valence-electron chi connectivity index (χ4n) is 2.73.